The molecule has 150 valence electrons. The van der Waals surface area contributed by atoms with Crippen LogP contribution < -0.4 is 15.4 Å². The normalized spacial score (nSPS) is 10.5. The SMILES string of the molecule is COc1ccccc1C(=O)Nc1ccc(Nc2cc(-n3ccnc3C)ncn2)cc1. The molecule has 0 aliphatic heterocycles. The number of hydrogen-bond acceptors (Lipinski definition) is 6. The van der Waals surface area contributed by atoms with E-state index in [0.29, 0.717) is 22.8 Å². The van der Waals surface area contributed by atoms with Crippen molar-refractivity contribution >= 4 is 23.1 Å². The van der Waals surface area contributed by atoms with Crippen LogP contribution in [-0.4, -0.2) is 32.5 Å². The molecule has 0 aliphatic rings. The average Bonchev–Trinajstić information content (AvgIpc) is 3.21. The van der Waals surface area contributed by atoms with Crippen LogP contribution in [0.3, 0.4) is 0 Å². The van der Waals surface area contributed by atoms with E-state index in [-0.39, 0.29) is 5.91 Å². The highest BCUT2D eigenvalue weighted by Gasteiger charge is 2.11. The molecule has 2 aromatic heterocycles. The third-order valence-corrected chi connectivity index (χ3v) is 4.49. The molecule has 2 aromatic carbocycles. The van der Waals surface area contributed by atoms with Crippen molar-refractivity contribution in [2.75, 3.05) is 17.7 Å². The van der Waals surface area contributed by atoms with Crippen LogP contribution in [0, 0.1) is 6.92 Å². The van der Waals surface area contributed by atoms with Gasteiger partial charge in [0.1, 0.15) is 29.5 Å². The van der Waals surface area contributed by atoms with Gasteiger partial charge in [-0.25, -0.2) is 15.0 Å². The molecule has 2 N–H and O–H groups in total. The number of carbonyl (C=O) groups is 1. The number of para-hydroxylation sites is 1. The highest BCUT2D eigenvalue weighted by Crippen LogP contribution is 2.22. The van der Waals surface area contributed by atoms with Crippen molar-refractivity contribution in [3.05, 3.63) is 84.7 Å². The predicted octanol–water partition coefficient (Wildman–Crippen LogP) is 3.98. The molecule has 4 aromatic rings. The molecular formula is C22H20N6O2. The van der Waals surface area contributed by atoms with Crippen molar-refractivity contribution in [3.8, 4) is 11.6 Å². The van der Waals surface area contributed by atoms with Crippen LogP contribution in [0.4, 0.5) is 17.2 Å². The molecular weight excluding hydrogens is 380 g/mol. The fourth-order valence-corrected chi connectivity index (χ4v) is 2.98. The van der Waals surface area contributed by atoms with Crippen molar-refractivity contribution in [3.63, 3.8) is 0 Å². The zero-order valence-corrected chi connectivity index (χ0v) is 16.5. The summed E-state index contributed by atoms with van der Waals surface area (Å²) in [5, 5.41) is 6.11. The molecule has 0 bridgehead atoms. The first kappa shape index (κ1) is 19.1. The standard InChI is InChI=1S/C22H20N6O2/c1-15-23-11-12-28(15)21-13-20(24-14-25-21)26-16-7-9-17(10-8-16)27-22(29)18-5-3-4-6-19(18)30-2/h3-14H,1-2H3,(H,27,29)(H,24,25,26). The van der Waals surface area contributed by atoms with Crippen LogP contribution in [0.5, 0.6) is 5.75 Å². The summed E-state index contributed by atoms with van der Waals surface area (Å²) in [5.74, 6) is 2.52. The summed E-state index contributed by atoms with van der Waals surface area (Å²) < 4.78 is 7.12. The number of nitrogens with zero attached hydrogens (tertiary/aromatic N) is 4. The van der Waals surface area contributed by atoms with Gasteiger partial charge in [-0.2, -0.15) is 0 Å². The number of amides is 1. The van der Waals surface area contributed by atoms with Crippen LogP contribution in [0.15, 0.2) is 73.3 Å². The molecule has 0 saturated heterocycles. The Hall–Kier alpha value is -4.20. The van der Waals surface area contributed by atoms with Gasteiger partial charge in [-0.15, -0.1) is 0 Å². The van der Waals surface area contributed by atoms with E-state index in [2.05, 4.69) is 25.6 Å². The lowest BCUT2D eigenvalue weighted by Crippen LogP contribution is -2.13. The molecule has 8 nitrogen and oxygen atoms in total. The van der Waals surface area contributed by atoms with Gasteiger partial charge in [-0.1, -0.05) is 12.1 Å². The van der Waals surface area contributed by atoms with Crippen LogP contribution in [0.2, 0.25) is 0 Å². The molecule has 0 atom stereocenters. The van der Waals surface area contributed by atoms with Gasteiger partial charge in [0, 0.05) is 29.8 Å². The molecule has 0 aliphatic carbocycles. The molecule has 0 saturated carbocycles. The van der Waals surface area contributed by atoms with Crippen molar-refractivity contribution in [2.45, 2.75) is 6.92 Å². The predicted molar refractivity (Wildman–Crippen MR) is 115 cm³/mol. The third-order valence-electron chi connectivity index (χ3n) is 4.49. The van der Waals surface area contributed by atoms with Gasteiger partial charge in [0.05, 0.1) is 12.7 Å². The molecule has 0 spiro atoms. The number of aromatic nitrogens is 4. The molecule has 4 rings (SSSR count). The second-order valence-corrected chi connectivity index (χ2v) is 6.46. The highest BCUT2D eigenvalue weighted by molar-refractivity contribution is 6.06. The summed E-state index contributed by atoms with van der Waals surface area (Å²) in [6.45, 7) is 1.91. The van der Waals surface area contributed by atoms with Crippen LogP contribution in [0.1, 0.15) is 16.2 Å². The Kier molecular flexibility index (Phi) is 5.38. The summed E-state index contributed by atoms with van der Waals surface area (Å²) in [4.78, 5) is 25.3. The second kappa shape index (κ2) is 8.44. The Morgan fingerprint density at radius 2 is 1.77 bits per heavy atom. The first-order valence-electron chi connectivity index (χ1n) is 9.28. The number of carbonyl (C=O) groups excluding carboxylic acids is 1. The number of rotatable bonds is 6. The number of nitrogens with one attached hydrogen (secondary N) is 2. The Labute approximate surface area is 173 Å². The Bertz CT molecular complexity index is 1170. The molecule has 0 unspecified atom stereocenters. The maximum atomic E-state index is 12.5. The van der Waals surface area contributed by atoms with Gasteiger partial charge in [0.25, 0.3) is 5.91 Å². The molecule has 8 heteroatoms. The van der Waals surface area contributed by atoms with Gasteiger partial charge in [-0.05, 0) is 43.3 Å². The molecule has 0 radical (unpaired) electrons. The number of hydrogen-bond donors (Lipinski definition) is 2. The van der Waals surface area contributed by atoms with Gasteiger partial charge in [0.15, 0.2) is 0 Å². The highest BCUT2D eigenvalue weighted by atomic mass is 16.5. The first-order chi connectivity index (χ1) is 14.6. The van der Waals surface area contributed by atoms with Gasteiger partial charge in [-0.3, -0.25) is 9.36 Å². The average molecular weight is 400 g/mol. The van der Waals surface area contributed by atoms with Crippen LogP contribution in [-0.2, 0) is 0 Å². The smallest absolute Gasteiger partial charge is 0.259 e. The van der Waals surface area contributed by atoms with Gasteiger partial charge >= 0.3 is 0 Å². The third kappa shape index (κ3) is 4.12. The topological polar surface area (TPSA) is 94.0 Å². The number of aryl methyl sites for hydroxylation is 1. The fourth-order valence-electron chi connectivity index (χ4n) is 2.98. The maximum absolute atomic E-state index is 12.5. The van der Waals surface area contributed by atoms with E-state index in [0.717, 1.165) is 17.3 Å². The lowest BCUT2D eigenvalue weighted by Gasteiger charge is -2.11. The number of methoxy groups -OCH3 is 1. The minimum Gasteiger partial charge on any atom is -0.496 e. The van der Waals surface area contributed by atoms with Gasteiger partial charge < -0.3 is 15.4 Å². The van der Waals surface area contributed by atoms with Crippen molar-refractivity contribution in [1.29, 1.82) is 0 Å². The van der Waals surface area contributed by atoms with E-state index in [9.17, 15) is 4.79 Å². The van der Waals surface area contributed by atoms with Crippen molar-refractivity contribution < 1.29 is 9.53 Å². The quantitative estimate of drug-likeness (QED) is 0.509. The van der Waals surface area contributed by atoms with Gasteiger partial charge in [0.2, 0.25) is 0 Å². The van der Waals surface area contributed by atoms with E-state index >= 15 is 0 Å². The fraction of sp³-hybridized carbons (Fsp3) is 0.0909. The number of benzene rings is 2. The maximum Gasteiger partial charge on any atom is 0.259 e. The van der Waals surface area contributed by atoms with E-state index in [4.69, 9.17) is 4.74 Å². The first-order valence-corrected chi connectivity index (χ1v) is 9.28. The second-order valence-electron chi connectivity index (χ2n) is 6.46. The van der Waals surface area contributed by atoms with E-state index in [1.807, 2.05) is 54.1 Å². The largest absolute Gasteiger partial charge is 0.496 e. The monoisotopic (exact) mass is 400 g/mol. The Morgan fingerprint density at radius 3 is 2.50 bits per heavy atom. The van der Waals surface area contributed by atoms with Crippen molar-refractivity contribution in [2.24, 2.45) is 0 Å². The lowest BCUT2D eigenvalue weighted by molar-refractivity contribution is 0.102. The zero-order valence-electron chi connectivity index (χ0n) is 16.5. The van der Waals surface area contributed by atoms with Crippen LogP contribution >= 0.6 is 0 Å². The minimum atomic E-state index is -0.232. The summed E-state index contributed by atoms with van der Waals surface area (Å²) in [6.07, 6.45) is 5.07. The van der Waals surface area contributed by atoms with E-state index in [1.54, 1.807) is 31.5 Å². The van der Waals surface area contributed by atoms with E-state index in [1.165, 1.54) is 6.33 Å². The Morgan fingerprint density at radius 1 is 1.00 bits per heavy atom. The zero-order chi connectivity index (χ0) is 20.9. The summed E-state index contributed by atoms with van der Waals surface area (Å²) in [5.41, 5.74) is 1.98. The van der Waals surface area contributed by atoms with Crippen LogP contribution in [0.25, 0.3) is 5.82 Å². The molecule has 30 heavy (non-hydrogen) atoms. The number of ether oxygens (including phenoxy) is 1. The summed E-state index contributed by atoms with van der Waals surface area (Å²) >= 11 is 0. The minimum absolute atomic E-state index is 0.232. The summed E-state index contributed by atoms with van der Waals surface area (Å²) in [7, 11) is 1.54. The lowest BCUT2D eigenvalue weighted by atomic mass is 10.2. The number of imidazole rings is 1. The molecule has 0 fully saturated rings. The number of anilines is 3. The molecule has 1 amide bonds. The van der Waals surface area contributed by atoms with E-state index < -0.39 is 0 Å². The Balaban J connectivity index is 1.45. The summed E-state index contributed by atoms with van der Waals surface area (Å²) in [6, 6.07) is 16.3. The molecule has 2 heterocycles. The van der Waals surface area contributed by atoms with Crippen molar-refractivity contribution in [1.82, 2.24) is 19.5 Å².